The molecular weight excluding hydrogens is 390 g/mol. The third-order valence-corrected chi connectivity index (χ3v) is 7.60. The lowest BCUT2D eigenvalue weighted by Gasteiger charge is -2.15. The lowest BCUT2D eigenvalue weighted by molar-refractivity contribution is 0.469. The summed E-state index contributed by atoms with van der Waals surface area (Å²) in [5.41, 5.74) is 1.80. The van der Waals surface area contributed by atoms with E-state index in [0.29, 0.717) is 16.6 Å². The van der Waals surface area contributed by atoms with Gasteiger partial charge in [-0.25, -0.2) is 8.42 Å². The average molecular weight is 401 g/mol. The molecular formula is C11H11BrClNO2S3. The van der Waals surface area contributed by atoms with Crippen LogP contribution in [0.2, 0.25) is 0 Å². The van der Waals surface area contributed by atoms with Crippen LogP contribution in [-0.2, 0) is 22.4 Å². The molecule has 0 aliphatic carbocycles. The Balaban J connectivity index is 2.19. The fourth-order valence-electron chi connectivity index (χ4n) is 1.48. The van der Waals surface area contributed by atoms with Gasteiger partial charge in [-0.05, 0) is 49.9 Å². The molecule has 8 heteroatoms. The summed E-state index contributed by atoms with van der Waals surface area (Å²) in [6, 6.07) is 3.56. The summed E-state index contributed by atoms with van der Waals surface area (Å²) in [6.07, 6.45) is 0. The first kappa shape index (κ1) is 15.5. The molecule has 0 unspecified atom stereocenters. The van der Waals surface area contributed by atoms with Crippen LogP contribution in [0, 0.1) is 0 Å². The highest BCUT2D eigenvalue weighted by Gasteiger charge is 2.23. The van der Waals surface area contributed by atoms with Gasteiger partial charge in [-0.3, -0.25) is 0 Å². The molecule has 0 aromatic carbocycles. The number of thiophene rings is 2. The maximum absolute atomic E-state index is 12.4. The van der Waals surface area contributed by atoms with Crippen molar-refractivity contribution in [3.63, 3.8) is 0 Å². The first-order valence-corrected chi connectivity index (χ1v) is 9.79. The van der Waals surface area contributed by atoms with Crippen molar-refractivity contribution < 1.29 is 8.42 Å². The van der Waals surface area contributed by atoms with Crippen LogP contribution in [0.3, 0.4) is 0 Å². The minimum atomic E-state index is -3.43. The maximum Gasteiger partial charge on any atom is 0.252 e. The molecule has 19 heavy (non-hydrogen) atoms. The molecule has 0 bridgehead atoms. The molecule has 0 aliphatic rings. The van der Waals surface area contributed by atoms with Crippen molar-refractivity contribution in [3.05, 3.63) is 37.8 Å². The number of rotatable bonds is 5. The zero-order chi connectivity index (χ0) is 14.0. The zero-order valence-electron chi connectivity index (χ0n) is 9.97. The molecule has 0 atom stereocenters. The third-order valence-electron chi connectivity index (χ3n) is 2.48. The van der Waals surface area contributed by atoms with Crippen LogP contribution in [0.5, 0.6) is 0 Å². The van der Waals surface area contributed by atoms with Crippen molar-refractivity contribution in [1.29, 1.82) is 0 Å². The Morgan fingerprint density at radius 3 is 2.47 bits per heavy atom. The zero-order valence-corrected chi connectivity index (χ0v) is 14.8. The van der Waals surface area contributed by atoms with Gasteiger partial charge in [-0.15, -0.1) is 34.3 Å². The minimum Gasteiger partial charge on any atom is -0.206 e. The van der Waals surface area contributed by atoms with Gasteiger partial charge in [0.2, 0.25) is 0 Å². The fraction of sp³-hybridized carbons (Fsp3) is 0.273. The van der Waals surface area contributed by atoms with E-state index in [1.54, 1.807) is 29.8 Å². The second-order valence-electron chi connectivity index (χ2n) is 3.93. The van der Waals surface area contributed by atoms with E-state index in [9.17, 15) is 8.42 Å². The molecule has 2 heterocycles. The predicted octanol–water partition coefficient (Wildman–Crippen LogP) is 4.13. The number of hydrogen-bond donors (Lipinski definition) is 0. The van der Waals surface area contributed by atoms with E-state index < -0.39 is 10.0 Å². The standard InChI is InChI=1S/C11H11BrClNO2S3/c1-14(5-9-2-10(12)17-7-9)19(15,16)11-3-8(4-13)6-18-11/h2-3,6-7H,4-5H2,1H3. The van der Waals surface area contributed by atoms with Crippen molar-refractivity contribution in [3.8, 4) is 0 Å². The van der Waals surface area contributed by atoms with Gasteiger partial charge in [-0.2, -0.15) is 4.31 Å². The lowest BCUT2D eigenvalue weighted by Crippen LogP contribution is -2.25. The molecule has 3 nitrogen and oxygen atoms in total. The van der Waals surface area contributed by atoms with Gasteiger partial charge in [0.05, 0.1) is 3.79 Å². The Kier molecular flexibility index (Phi) is 5.08. The first-order chi connectivity index (χ1) is 8.93. The molecule has 2 aromatic heterocycles. The number of halogens is 2. The molecule has 0 aliphatic heterocycles. The fourth-order valence-corrected chi connectivity index (χ4v) is 5.51. The average Bonchev–Trinajstić information content (AvgIpc) is 2.98. The summed E-state index contributed by atoms with van der Waals surface area (Å²) < 4.78 is 27.4. The summed E-state index contributed by atoms with van der Waals surface area (Å²) in [4.78, 5) is 0. The van der Waals surface area contributed by atoms with Crippen molar-refractivity contribution >= 4 is 60.2 Å². The van der Waals surface area contributed by atoms with Crippen molar-refractivity contribution in [2.45, 2.75) is 16.6 Å². The largest absolute Gasteiger partial charge is 0.252 e. The number of alkyl halides is 1. The van der Waals surface area contributed by atoms with Gasteiger partial charge in [0.15, 0.2) is 0 Å². The normalized spacial score (nSPS) is 12.2. The smallest absolute Gasteiger partial charge is 0.206 e. The summed E-state index contributed by atoms with van der Waals surface area (Å²) in [5.74, 6) is 0.327. The van der Waals surface area contributed by atoms with Crippen LogP contribution < -0.4 is 0 Å². The summed E-state index contributed by atoms with van der Waals surface area (Å²) in [6.45, 7) is 0.360. The molecule has 0 radical (unpaired) electrons. The van der Waals surface area contributed by atoms with Crippen LogP contribution in [0.4, 0.5) is 0 Å². The molecule has 0 spiro atoms. The summed E-state index contributed by atoms with van der Waals surface area (Å²) >= 11 is 11.8. The van der Waals surface area contributed by atoms with Gasteiger partial charge in [0, 0.05) is 19.5 Å². The van der Waals surface area contributed by atoms with Gasteiger partial charge in [0.25, 0.3) is 10.0 Å². The van der Waals surface area contributed by atoms with E-state index in [2.05, 4.69) is 15.9 Å². The molecule has 2 rings (SSSR count). The Bertz CT molecular complexity index is 665. The van der Waals surface area contributed by atoms with Crippen LogP contribution in [-0.4, -0.2) is 19.8 Å². The van der Waals surface area contributed by atoms with E-state index in [0.717, 1.165) is 14.9 Å². The highest BCUT2D eigenvalue weighted by molar-refractivity contribution is 9.11. The highest BCUT2D eigenvalue weighted by atomic mass is 79.9. The molecule has 0 fully saturated rings. The van der Waals surface area contributed by atoms with E-state index in [-0.39, 0.29) is 0 Å². The monoisotopic (exact) mass is 399 g/mol. The van der Waals surface area contributed by atoms with Crippen LogP contribution in [0.15, 0.2) is 30.9 Å². The molecule has 0 saturated heterocycles. The van der Waals surface area contributed by atoms with Crippen molar-refractivity contribution in [1.82, 2.24) is 4.31 Å². The van der Waals surface area contributed by atoms with Gasteiger partial charge in [0.1, 0.15) is 4.21 Å². The van der Waals surface area contributed by atoms with E-state index in [1.165, 1.54) is 15.6 Å². The van der Waals surface area contributed by atoms with Crippen LogP contribution in [0.1, 0.15) is 11.1 Å². The Morgan fingerprint density at radius 1 is 1.26 bits per heavy atom. The van der Waals surface area contributed by atoms with Gasteiger partial charge < -0.3 is 0 Å². The van der Waals surface area contributed by atoms with Gasteiger partial charge >= 0.3 is 0 Å². The SMILES string of the molecule is CN(Cc1csc(Br)c1)S(=O)(=O)c1cc(CCl)cs1. The topological polar surface area (TPSA) is 37.4 Å². The Labute approximate surface area is 134 Å². The number of sulfonamides is 1. The molecule has 0 amide bonds. The minimum absolute atomic E-state index is 0.327. The third kappa shape index (κ3) is 3.59. The van der Waals surface area contributed by atoms with Crippen LogP contribution in [0.25, 0.3) is 0 Å². The van der Waals surface area contributed by atoms with E-state index in [4.69, 9.17) is 11.6 Å². The Morgan fingerprint density at radius 2 is 1.95 bits per heavy atom. The highest BCUT2D eigenvalue weighted by Crippen LogP contribution is 2.27. The Hall–Kier alpha value is 0.0800. The second-order valence-corrected chi connectivity index (χ2v) is 9.67. The quantitative estimate of drug-likeness (QED) is 0.708. The summed E-state index contributed by atoms with van der Waals surface area (Å²) in [7, 11) is -1.85. The number of nitrogens with zero attached hydrogens (tertiary/aromatic N) is 1. The van der Waals surface area contributed by atoms with E-state index in [1.807, 2.05) is 11.4 Å². The van der Waals surface area contributed by atoms with Crippen molar-refractivity contribution in [2.75, 3.05) is 7.05 Å². The van der Waals surface area contributed by atoms with Gasteiger partial charge in [-0.1, -0.05) is 0 Å². The molecule has 104 valence electrons. The number of hydrogen-bond acceptors (Lipinski definition) is 4. The maximum atomic E-state index is 12.4. The van der Waals surface area contributed by atoms with E-state index >= 15 is 0 Å². The van der Waals surface area contributed by atoms with Crippen molar-refractivity contribution in [2.24, 2.45) is 0 Å². The lowest BCUT2D eigenvalue weighted by atomic mass is 10.3. The second kappa shape index (κ2) is 6.24. The predicted molar refractivity (Wildman–Crippen MR) is 84.5 cm³/mol. The molecule has 0 N–H and O–H groups in total. The van der Waals surface area contributed by atoms with Crippen LogP contribution >= 0.6 is 50.2 Å². The first-order valence-electron chi connectivity index (χ1n) is 5.26. The molecule has 0 saturated carbocycles. The summed E-state index contributed by atoms with van der Waals surface area (Å²) in [5, 5.41) is 3.71. The molecule has 2 aromatic rings.